The Morgan fingerprint density at radius 2 is 2.18 bits per heavy atom. The molecule has 0 spiro atoms. The lowest BCUT2D eigenvalue weighted by molar-refractivity contribution is -0.113. The SMILES string of the molecule is CCn1c(SCC(=O)Nc2sc3c(c2C#N)CCC(C(C)(C)C)C3)nnc1-c1csc(C)c1. The molecule has 0 saturated carbocycles. The Labute approximate surface area is 207 Å². The van der Waals surface area contributed by atoms with Crippen molar-refractivity contribution < 1.29 is 4.79 Å². The highest BCUT2D eigenvalue weighted by Crippen LogP contribution is 2.44. The van der Waals surface area contributed by atoms with Gasteiger partial charge in [0.2, 0.25) is 5.91 Å². The molecule has 0 saturated heterocycles. The van der Waals surface area contributed by atoms with Crippen molar-refractivity contribution in [3.05, 3.63) is 32.3 Å². The van der Waals surface area contributed by atoms with Gasteiger partial charge >= 0.3 is 0 Å². The van der Waals surface area contributed by atoms with E-state index in [0.717, 1.165) is 47.9 Å². The predicted octanol–water partition coefficient (Wildman–Crippen LogP) is 6.15. The smallest absolute Gasteiger partial charge is 0.235 e. The molecule has 0 aromatic carbocycles. The molecule has 174 valence electrons. The van der Waals surface area contributed by atoms with Crippen molar-refractivity contribution in [2.24, 2.45) is 11.3 Å². The summed E-state index contributed by atoms with van der Waals surface area (Å²) in [5.74, 6) is 1.52. The van der Waals surface area contributed by atoms with Gasteiger partial charge in [0.25, 0.3) is 0 Å². The Hall–Kier alpha value is -2.15. The molecule has 33 heavy (non-hydrogen) atoms. The van der Waals surface area contributed by atoms with Crippen molar-refractivity contribution >= 4 is 45.3 Å². The fourth-order valence-corrected chi connectivity index (χ4v) is 7.06. The van der Waals surface area contributed by atoms with Crippen LogP contribution in [-0.4, -0.2) is 26.4 Å². The number of nitrogens with zero attached hydrogens (tertiary/aromatic N) is 4. The summed E-state index contributed by atoms with van der Waals surface area (Å²) in [6.07, 6.45) is 2.97. The zero-order valence-corrected chi connectivity index (χ0v) is 22.1. The van der Waals surface area contributed by atoms with Crippen LogP contribution < -0.4 is 5.32 Å². The lowest BCUT2D eigenvalue weighted by Crippen LogP contribution is -2.26. The minimum absolute atomic E-state index is 0.124. The molecule has 6 nitrogen and oxygen atoms in total. The van der Waals surface area contributed by atoms with Gasteiger partial charge in [0, 0.05) is 27.2 Å². The second-order valence-corrected chi connectivity index (χ2v) is 12.6. The average molecular weight is 500 g/mol. The third-order valence-electron chi connectivity index (χ3n) is 6.21. The van der Waals surface area contributed by atoms with Crippen molar-refractivity contribution in [1.82, 2.24) is 14.8 Å². The number of aryl methyl sites for hydroxylation is 1. The topological polar surface area (TPSA) is 83.6 Å². The van der Waals surface area contributed by atoms with E-state index < -0.39 is 0 Å². The molecule has 0 aliphatic heterocycles. The Balaban J connectivity index is 1.45. The number of rotatable bonds is 6. The van der Waals surface area contributed by atoms with Gasteiger partial charge in [0.1, 0.15) is 11.1 Å². The highest BCUT2D eigenvalue weighted by molar-refractivity contribution is 7.99. The first-order valence-corrected chi connectivity index (χ1v) is 13.8. The van der Waals surface area contributed by atoms with E-state index in [4.69, 9.17) is 0 Å². The van der Waals surface area contributed by atoms with Gasteiger partial charge in [-0.05, 0) is 56.1 Å². The standard InChI is InChI=1S/C24H29N5OS3/c1-6-29-21(15-9-14(2)31-12-15)27-28-23(29)32-13-20(30)26-22-18(11-25)17-8-7-16(24(3,4)5)10-19(17)33-22/h9,12,16H,6-8,10,13H2,1-5H3,(H,26,30). The number of nitrogens with one attached hydrogen (secondary N) is 1. The van der Waals surface area contributed by atoms with E-state index in [1.165, 1.54) is 21.5 Å². The number of thioether (sulfide) groups is 1. The Morgan fingerprint density at radius 3 is 2.82 bits per heavy atom. The number of nitriles is 1. The van der Waals surface area contributed by atoms with Crippen LogP contribution in [0.2, 0.25) is 0 Å². The number of thiophene rings is 2. The van der Waals surface area contributed by atoms with Crippen LogP contribution in [0.3, 0.4) is 0 Å². The van der Waals surface area contributed by atoms with E-state index in [1.807, 2.05) is 4.57 Å². The highest BCUT2D eigenvalue weighted by Gasteiger charge is 2.32. The molecule has 1 aliphatic rings. The highest BCUT2D eigenvalue weighted by atomic mass is 32.2. The summed E-state index contributed by atoms with van der Waals surface area (Å²) in [7, 11) is 0. The lowest BCUT2D eigenvalue weighted by Gasteiger charge is -2.33. The second-order valence-electron chi connectivity index (χ2n) is 9.46. The Morgan fingerprint density at radius 1 is 1.39 bits per heavy atom. The minimum atomic E-state index is -0.124. The van der Waals surface area contributed by atoms with Crippen molar-refractivity contribution in [3.8, 4) is 17.5 Å². The maximum atomic E-state index is 12.8. The largest absolute Gasteiger partial charge is 0.316 e. The summed E-state index contributed by atoms with van der Waals surface area (Å²) < 4.78 is 2.04. The van der Waals surface area contributed by atoms with E-state index in [0.29, 0.717) is 16.5 Å². The van der Waals surface area contributed by atoms with Crippen LogP contribution in [0.15, 0.2) is 16.6 Å². The van der Waals surface area contributed by atoms with Gasteiger partial charge in [0.05, 0.1) is 11.3 Å². The molecular weight excluding hydrogens is 470 g/mol. The van der Waals surface area contributed by atoms with E-state index in [9.17, 15) is 10.1 Å². The zero-order valence-electron chi connectivity index (χ0n) is 19.7. The summed E-state index contributed by atoms with van der Waals surface area (Å²) in [5, 5.41) is 24.9. The van der Waals surface area contributed by atoms with Crippen molar-refractivity contribution in [1.29, 1.82) is 5.26 Å². The monoisotopic (exact) mass is 499 g/mol. The van der Waals surface area contributed by atoms with E-state index >= 15 is 0 Å². The molecule has 4 rings (SSSR count). The van der Waals surface area contributed by atoms with Crippen LogP contribution in [0, 0.1) is 29.6 Å². The van der Waals surface area contributed by atoms with Crippen LogP contribution >= 0.6 is 34.4 Å². The molecular formula is C24H29N5OS3. The molecule has 1 aliphatic carbocycles. The van der Waals surface area contributed by atoms with Gasteiger partial charge in [-0.3, -0.25) is 4.79 Å². The lowest BCUT2D eigenvalue weighted by atomic mass is 9.72. The first-order chi connectivity index (χ1) is 15.7. The number of aromatic nitrogens is 3. The van der Waals surface area contributed by atoms with Crippen molar-refractivity contribution in [2.45, 2.75) is 65.6 Å². The Bertz CT molecular complexity index is 1210. The molecule has 1 atom stereocenters. The van der Waals surface area contributed by atoms with Gasteiger partial charge in [-0.1, -0.05) is 32.5 Å². The van der Waals surface area contributed by atoms with Crippen LogP contribution in [0.4, 0.5) is 5.00 Å². The fraction of sp³-hybridized carbons (Fsp3) is 0.500. The Kier molecular flexibility index (Phi) is 6.99. The molecule has 0 fully saturated rings. The quantitative estimate of drug-likeness (QED) is 0.411. The van der Waals surface area contributed by atoms with E-state index in [2.05, 4.69) is 67.6 Å². The van der Waals surface area contributed by atoms with Gasteiger partial charge in [-0.25, -0.2) is 0 Å². The first kappa shape index (κ1) is 24.0. The maximum Gasteiger partial charge on any atom is 0.235 e. The number of carbonyl (C=O) groups excluding carboxylic acids is 1. The number of hydrogen-bond acceptors (Lipinski definition) is 7. The molecule has 1 amide bonds. The fourth-order valence-electron chi connectivity index (χ4n) is 4.28. The third kappa shape index (κ3) is 5.03. The molecule has 1 unspecified atom stereocenters. The summed E-state index contributed by atoms with van der Waals surface area (Å²) >= 11 is 4.63. The van der Waals surface area contributed by atoms with Crippen LogP contribution in [0.1, 0.15) is 55.0 Å². The minimum Gasteiger partial charge on any atom is -0.316 e. The average Bonchev–Trinajstić information content (AvgIpc) is 3.46. The molecule has 0 bridgehead atoms. The molecule has 3 aromatic rings. The maximum absolute atomic E-state index is 12.8. The third-order valence-corrected chi connectivity index (χ3v) is 9.21. The van der Waals surface area contributed by atoms with Crippen LogP contribution in [0.25, 0.3) is 11.4 Å². The van der Waals surface area contributed by atoms with Crippen molar-refractivity contribution in [2.75, 3.05) is 11.1 Å². The summed E-state index contributed by atoms with van der Waals surface area (Å²) in [5.41, 5.74) is 3.07. The van der Waals surface area contributed by atoms with Gasteiger partial charge in [0.15, 0.2) is 11.0 Å². The molecule has 1 N–H and O–H groups in total. The molecule has 3 heterocycles. The van der Waals surface area contributed by atoms with Gasteiger partial charge < -0.3 is 9.88 Å². The summed E-state index contributed by atoms with van der Waals surface area (Å²) in [4.78, 5) is 15.3. The second kappa shape index (κ2) is 9.61. The first-order valence-electron chi connectivity index (χ1n) is 11.2. The van der Waals surface area contributed by atoms with Crippen LogP contribution in [-0.2, 0) is 24.2 Å². The van der Waals surface area contributed by atoms with Gasteiger partial charge in [-0.15, -0.1) is 32.9 Å². The predicted molar refractivity (Wildman–Crippen MR) is 137 cm³/mol. The number of anilines is 1. The number of hydrogen-bond donors (Lipinski definition) is 1. The van der Waals surface area contributed by atoms with E-state index in [1.54, 1.807) is 22.7 Å². The number of carbonyl (C=O) groups is 1. The van der Waals surface area contributed by atoms with Crippen LogP contribution in [0.5, 0.6) is 0 Å². The summed E-state index contributed by atoms with van der Waals surface area (Å²) in [6.45, 7) is 11.7. The van der Waals surface area contributed by atoms with E-state index in [-0.39, 0.29) is 17.1 Å². The van der Waals surface area contributed by atoms with Gasteiger partial charge in [-0.2, -0.15) is 5.26 Å². The van der Waals surface area contributed by atoms with Crippen molar-refractivity contribution in [3.63, 3.8) is 0 Å². The number of fused-ring (bicyclic) bond motifs is 1. The zero-order chi connectivity index (χ0) is 23.8. The summed E-state index contributed by atoms with van der Waals surface area (Å²) in [6, 6.07) is 4.45. The molecule has 3 aromatic heterocycles. The molecule has 9 heteroatoms. The normalized spacial score (nSPS) is 15.8. The molecule has 0 radical (unpaired) electrons. The number of amides is 1.